The van der Waals surface area contributed by atoms with Crippen LogP contribution in [0.15, 0.2) is 312 Å². The van der Waals surface area contributed by atoms with Gasteiger partial charge in [-0.05, 0) is 118 Å². The van der Waals surface area contributed by atoms with Crippen molar-refractivity contribution >= 4 is 115 Å². The molecule has 0 atom stereocenters. The average molecular weight is 1230 g/mol. The molecule has 0 aliphatic heterocycles. The molecule has 0 unspecified atom stereocenters. The van der Waals surface area contributed by atoms with Gasteiger partial charge in [0.1, 0.15) is 22.3 Å². The average Bonchev–Trinajstić information content (AvgIpc) is 0.760. The van der Waals surface area contributed by atoms with Crippen molar-refractivity contribution < 1.29 is 13.6 Å². The Morgan fingerprint density at radius 2 is 0.635 bits per heavy atom. The Kier molecular flexibility index (Phi) is 13.5. The third-order valence-corrected chi connectivity index (χ3v) is 18.4. The first-order valence-electron chi connectivity index (χ1n) is 32.0. The van der Waals surface area contributed by atoms with E-state index in [1.165, 1.54) is 48.5 Å². The van der Waals surface area contributed by atoms with Crippen molar-refractivity contribution in [3.63, 3.8) is 0 Å². The van der Waals surface area contributed by atoms with E-state index in [9.17, 15) is 0 Å². The lowest BCUT2D eigenvalue weighted by atomic mass is 9.92. The van der Waals surface area contributed by atoms with Crippen LogP contribution in [0.2, 0.25) is 0 Å². The molecular weight excluding hydrogens is 1180 g/mol. The van der Waals surface area contributed by atoms with Crippen molar-refractivity contribution in [3.05, 3.63) is 309 Å². The zero-order valence-corrected chi connectivity index (χ0v) is 51.9. The van der Waals surface area contributed by atoms with Gasteiger partial charge >= 0.3 is 0 Å². The topological polar surface area (TPSA) is 113 Å². The summed E-state index contributed by atoms with van der Waals surface area (Å²) in [6, 6.07) is 103. The van der Waals surface area contributed by atoms with Crippen LogP contribution in [0.5, 0.6) is 0 Å². The van der Waals surface area contributed by atoms with Crippen molar-refractivity contribution in [1.82, 2.24) is 29.9 Å². The highest BCUT2D eigenvalue weighted by Gasteiger charge is 2.22. The number of methoxy groups -OCH3 is 1. The van der Waals surface area contributed by atoms with E-state index in [1.54, 1.807) is 13.4 Å². The molecule has 0 aliphatic rings. The maximum atomic E-state index is 6.23. The second-order valence-corrected chi connectivity index (χ2v) is 23.9. The quantitative estimate of drug-likeness (QED) is 0.103. The van der Waals surface area contributed by atoms with Crippen LogP contribution in [0.1, 0.15) is 5.56 Å². The van der Waals surface area contributed by atoms with Gasteiger partial charge in [0, 0.05) is 54.9 Å². The Morgan fingerprint density at radius 1 is 0.250 bits per heavy atom. The van der Waals surface area contributed by atoms with E-state index in [4.69, 9.17) is 43.5 Å². The monoisotopic (exact) mass is 1230 g/mol. The minimum absolute atomic E-state index is 0.598. The van der Waals surface area contributed by atoms with E-state index in [0.29, 0.717) is 34.9 Å². The molecular formula is C87H54N6O3. The van der Waals surface area contributed by atoms with Crippen LogP contribution in [-0.4, -0.2) is 37.0 Å². The molecule has 19 aromatic rings. The first kappa shape index (κ1) is 55.8. The van der Waals surface area contributed by atoms with Gasteiger partial charge in [-0.1, -0.05) is 267 Å². The molecule has 0 saturated carbocycles. The first-order chi connectivity index (χ1) is 47.5. The molecule has 0 N–H and O–H groups in total. The fourth-order valence-corrected chi connectivity index (χ4v) is 14.0. The van der Waals surface area contributed by atoms with E-state index >= 15 is 0 Å². The van der Waals surface area contributed by atoms with Crippen LogP contribution >= 0.6 is 0 Å². The number of rotatable bonds is 9. The largest absolute Gasteiger partial charge is 0.504 e. The molecule has 0 radical (unpaired) electrons. The number of benzene rings is 15. The van der Waals surface area contributed by atoms with Gasteiger partial charge in [0.05, 0.1) is 13.4 Å². The molecule has 450 valence electrons. The Balaban J connectivity index is 0.000000140. The smallest absolute Gasteiger partial charge is 0.164 e. The molecule has 0 amide bonds. The van der Waals surface area contributed by atoms with Crippen molar-refractivity contribution in [2.75, 3.05) is 7.11 Å². The molecule has 0 spiro atoms. The maximum absolute atomic E-state index is 6.23. The fraction of sp³-hybridized carbons (Fsp3) is 0.0115. The number of para-hydroxylation sites is 2. The summed E-state index contributed by atoms with van der Waals surface area (Å²) in [5, 5.41) is 18.3. The van der Waals surface area contributed by atoms with E-state index in [2.05, 4.69) is 176 Å². The van der Waals surface area contributed by atoms with Gasteiger partial charge in [-0.2, -0.15) is 0 Å². The lowest BCUT2D eigenvalue weighted by Crippen LogP contribution is -2.01. The Bertz CT molecular complexity index is 6340. The molecule has 4 heterocycles. The van der Waals surface area contributed by atoms with Gasteiger partial charge in [-0.3, -0.25) is 0 Å². The highest BCUT2D eigenvalue weighted by atomic mass is 16.5. The molecule has 9 nitrogen and oxygen atoms in total. The van der Waals surface area contributed by atoms with E-state index in [0.717, 1.165) is 110 Å². The highest BCUT2D eigenvalue weighted by molar-refractivity contribution is 6.23. The van der Waals surface area contributed by atoms with Crippen LogP contribution in [0, 0.1) is 0 Å². The number of aromatic nitrogens is 6. The predicted molar refractivity (Wildman–Crippen MR) is 393 cm³/mol. The third kappa shape index (κ3) is 9.64. The lowest BCUT2D eigenvalue weighted by molar-refractivity contribution is 0.341. The second-order valence-electron chi connectivity index (χ2n) is 23.9. The molecule has 9 heteroatoms. The van der Waals surface area contributed by atoms with Gasteiger partial charge < -0.3 is 13.6 Å². The fourth-order valence-electron chi connectivity index (χ4n) is 14.0. The third-order valence-electron chi connectivity index (χ3n) is 18.4. The molecule has 0 fully saturated rings. The second kappa shape index (κ2) is 23.3. The van der Waals surface area contributed by atoms with Crippen LogP contribution in [-0.2, 0) is 4.74 Å². The van der Waals surface area contributed by atoms with Crippen molar-refractivity contribution in [1.29, 1.82) is 0 Å². The van der Waals surface area contributed by atoms with Gasteiger partial charge in [-0.25, -0.2) is 29.9 Å². The summed E-state index contributed by atoms with van der Waals surface area (Å²) < 4.78 is 17.8. The molecule has 15 aromatic carbocycles. The summed E-state index contributed by atoms with van der Waals surface area (Å²) in [7, 11) is 1.67. The zero-order valence-electron chi connectivity index (χ0n) is 51.9. The SMILES string of the molecule is CO/C=C/c1c(-c2ccc3c(-c4nc(-c5ccccc5)nc(-c5cccc6oc7ccccc7c56)n4)cccc3c2)ccc2ccccc12.c1ccc(-c2nc(-c3cccc4c3ccc3c4ccc4c5ccccc5ccc43)nc(-c3cccc4oc5ccccc5c34)n2)cc1. The minimum atomic E-state index is 0.598. The molecule has 0 bridgehead atoms. The maximum Gasteiger partial charge on any atom is 0.164 e. The van der Waals surface area contributed by atoms with Crippen molar-refractivity contribution in [2.45, 2.75) is 0 Å². The predicted octanol–water partition coefficient (Wildman–Crippen LogP) is 22.7. The van der Waals surface area contributed by atoms with Crippen LogP contribution in [0.3, 0.4) is 0 Å². The number of hydrogen-bond donors (Lipinski definition) is 0. The molecule has 96 heavy (non-hydrogen) atoms. The summed E-state index contributed by atoms with van der Waals surface area (Å²) in [6.07, 6.45) is 3.78. The highest BCUT2D eigenvalue weighted by Crippen LogP contribution is 2.43. The lowest BCUT2D eigenvalue weighted by Gasteiger charge is -2.13. The first-order valence-corrected chi connectivity index (χ1v) is 32.0. The molecule has 4 aromatic heterocycles. The van der Waals surface area contributed by atoms with Gasteiger partial charge in [-0.15, -0.1) is 0 Å². The van der Waals surface area contributed by atoms with E-state index in [-0.39, 0.29) is 0 Å². The minimum Gasteiger partial charge on any atom is -0.504 e. The van der Waals surface area contributed by atoms with Gasteiger partial charge in [0.15, 0.2) is 34.9 Å². The zero-order chi connectivity index (χ0) is 63.6. The molecule has 0 saturated heterocycles. The Hall–Kier alpha value is -13.0. The number of fused-ring (bicyclic) bond motifs is 15. The van der Waals surface area contributed by atoms with Crippen LogP contribution in [0.25, 0.3) is 194 Å². The van der Waals surface area contributed by atoms with Crippen molar-refractivity contribution in [3.8, 4) is 79.5 Å². The number of nitrogens with zero attached hydrogens (tertiary/aromatic N) is 6. The summed E-state index contributed by atoms with van der Waals surface area (Å²) in [5.41, 5.74) is 12.2. The van der Waals surface area contributed by atoms with E-state index < -0.39 is 0 Å². The Labute approximate surface area is 550 Å². The standard InChI is InChI=1S/C44H29N3O2.C43H25N3O/c1-48-26-25-35-32-15-6-5-11-28(32)21-23-33(35)31-22-24-34-30(27-31)14-9-17-36(34)43-45-42(29-12-3-2-4-13-29)46-44(47-43)38-18-10-20-40-41(38)37-16-7-8-19-39(37)49-40;1-2-11-27(12-3-1)41-44-42(46-43(45-41)37-17-9-19-39-40(37)36-14-6-7-18-38(36)47-39)35-16-8-15-29-32-23-22-30-28-13-5-4-10-26(28)20-21-31(30)33(32)24-25-34(29)35/h2-27H,1H3;1-25H/b26-25+;. The summed E-state index contributed by atoms with van der Waals surface area (Å²) in [4.78, 5) is 30.6. The summed E-state index contributed by atoms with van der Waals surface area (Å²) in [6.45, 7) is 0. The molecule has 0 aliphatic carbocycles. The number of ether oxygens (including phenoxy) is 1. The number of furan rings is 2. The number of hydrogen-bond acceptors (Lipinski definition) is 9. The Morgan fingerprint density at radius 3 is 1.23 bits per heavy atom. The normalized spacial score (nSPS) is 11.8. The van der Waals surface area contributed by atoms with E-state index in [1.807, 2.05) is 127 Å². The van der Waals surface area contributed by atoms with Crippen molar-refractivity contribution in [2.24, 2.45) is 0 Å². The van der Waals surface area contributed by atoms with Gasteiger partial charge in [0.25, 0.3) is 0 Å². The summed E-state index contributed by atoms with van der Waals surface area (Å²) >= 11 is 0. The summed E-state index contributed by atoms with van der Waals surface area (Å²) in [5.74, 6) is 3.70. The van der Waals surface area contributed by atoms with Crippen LogP contribution < -0.4 is 0 Å². The van der Waals surface area contributed by atoms with Crippen LogP contribution in [0.4, 0.5) is 0 Å². The molecule has 19 rings (SSSR count). The van der Waals surface area contributed by atoms with Gasteiger partial charge in [0.2, 0.25) is 0 Å².